The molecule has 6 nitrogen and oxygen atoms in total. The normalized spacial score (nSPS) is 10.9. The van der Waals surface area contributed by atoms with Crippen LogP contribution in [0.4, 0.5) is 5.13 Å². The number of hydrogen-bond donors (Lipinski definition) is 1. The number of benzene rings is 2. The van der Waals surface area contributed by atoms with Gasteiger partial charge in [0.2, 0.25) is 0 Å². The summed E-state index contributed by atoms with van der Waals surface area (Å²) in [4.78, 5) is 29.7. The van der Waals surface area contributed by atoms with E-state index in [-0.39, 0.29) is 12.5 Å². The van der Waals surface area contributed by atoms with Crippen molar-refractivity contribution in [3.8, 4) is 17.0 Å². The lowest BCUT2D eigenvalue weighted by Crippen LogP contribution is -2.20. The number of halogens is 1. The van der Waals surface area contributed by atoms with Crippen LogP contribution < -0.4 is 15.7 Å². The van der Waals surface area contributed by atoms with Crippen molar-refractivity contribution >= 4 is 49.3 Å². The van der Waals surface area contributed by atoms with Crippen LogP contribution >= 0.6 is 27.3 Å². The van der Waals surface area contributed by atoms with Crippen LogP contribution in [0.3, 0.4) is 0 Å². The first kappa shape index (κ1) is 21.3. The Bertz CT molecular complexity index is 1310. The number of aromatic nitrogens is 1. The van der Waals surface area contributed by atoms with Gasteiger partial charge in [-0.2, -0.15) is 0 Å². The minimum absolute atomic E-state index is 0.184. The molecule has 1 amide bonds. The smallest absolute Gasteiger partial charge is 0.336 e. The number of rotatable bonds is 6. The van der Waals surface area contributed by atoms with Crippen molar-refractivity contribution in [1.82, 2.24) is 4.98 Å². The summed E-state index contributed by atoms with van der Waals surface area (Å²) in [7, 11) is 0. The van der Waals surface area contributed by atoms with Crippen LogP contribution in [-0.2, 0) is 11.2 Å². The van der Waals surface area contributed by atoms with Gasteiger partial charge < -0.3 is 9.15 Å². The van der Waals surface area contributed by atoms with Crippen molar-refractivity contribution in [2.45, 2.75) is 20.3 Å². The van der Waals surface area contributed by atoms with Crippen LogP contribution in [-0.4, -0.2) is 17.5 Å². The highest BCUT2D eigenvalue weighted by atomic mass is 79.9. The molecule has 4 aromatic rings. The maximum Gasteiger partial charge on any atom is 0.336 e. The van der Waals surface area contributed by atoms with Gasteiger partial charge in [0.25, 0.3) is 5.91 Å². The Balaban J connectivity index is 1.45. The highest BCUT2D eigenvalue weighted by Gasteiger charge is 2.14. The van der Waals surface area contributed by atoms with Gasteiger partial charge in [0.1, 0.15) is 11.3 Å². The van der Waals surface area contributed by atoms with E-state index in [2.05, 4.69) is 33.2 Å². The van der Waals surface area contributed by atoms with Gasteiger partial charge >= 0.3 is 5.63 Å². The fourth-order valence-corrected chi connectivity index (χ4v) is 4.38. The summed E-state index contributed by atoms with van der Waals surface area (Å²) in [6.07, 6.45) is 0.817. The number of nitrogens with one attached hydrogen (secondary N) is 1. The number of carbonyl (C=O) groups is 1. The number of nitrogens with zero attached hydrogens (tertiary/aromatic N) is 1. The van der Waals surface area contributed by atoms with E-state index in [1.54, 1.807) is 18.2 Å². The van der Waals surface area contributed by atoms with Crippen LogP contribution in [0.25, 0.3) is 22.2 Å². The predicted molar refractivity (Wildman–Crippen MR) is 126 cm³/mol. The second-order valence-corrected chi connectivity index (χ2v) is 8.89. The maximum absolute atomic E-state index is 12.4. The molecule has 0 bridgehead atoms. The predicted octanol–water partition coefficient (Wildman–Crippen LogP) is 5.57. The molecule has 0 saturated carbocycles. The third-order valence-corrected chi connectivity index (χ3v) is 6.32. The van der Waals surface area contributed by atoms with Crippen LogP contribution in [0.2, 0.25) is 0 Å². The Morgan fingerprint density at radius 2 is 1.97 bits per heavy atom. The van der Waals surface area contributed by atoms with E-state index in [0.717, 1.165) is 38.0 Å². The van der Waals surface area contributed by atoms with Gasteiger partial charge in [0, 0.05) is 32.4 Å². The molecule has 8 heteroatoms. The molecule has 0 aliphatic carbocycles. The summed E-state index contributed by atoms with van der Waals surface area (Å²) in [6.45, 7) is 3.72. The second-order valence-electron chi connectivity index (χ2n) is 6.89. The number of thiazole rings is 1. The lowest BCUT2D eigenvalue weighted by molar-refractivity contribution is -0.118. The number of amides is 1. The van der Waals surface area contributed by atoms with Crippen LogP contribution in [0.1, 0.15) is 17.4 Å². The third-order valence-electron chi connectivity index (χ3n) is 4.68. The number of carbonyl (C=O) groups excluding carboxylic acids is 1. The Morgan fingerprint density at radius 1 is 1.19 bits per heavy atom. The van der Waals surface area contributed by atoms with Crippen molar-refractivity contribution < 1.29 is 13.9 Å². The molecule has 0 atom stereocenters. The van der Waals surface area contributed by atoms with E-state index in [4.69, 9.17) is 9.15 Å². The summed E-state index contributed by atoms with van der Waals surface area (Å²) in [5.41, 5.74) is 2.70. The second kappa shape index (κ2) is 9.03. The molecule has 2 aromatic heterocycles. The molecule has 0 aliphatic rings. The highest BCUT2D eigenvalue weighted by Crippen LogP contribution is 2.32. The van der Waals surface area contributed by atoms with Crippen LogP contribution in [0, 0.1) is 6.92 Å². The number of ether oxygens (including phenoxy) is 1. The lowest BCUT2D eigenvalue weighted by atomic mass is 10.1. The van der Waals surface area contributed by atoms with Gasteiger partial charge in [-0.1, -0.05) is 35.0 Å². The Hall–Kier alpha value is -2.97. The topological polar surface area (TPSA) is 81.4 Å². The van der Waals surface area contributed by atoms with Gasteiger partial charge in [-0.3, -0.25) is 10.1 Å². The third kappa shape index (κ3) is 4.86. The van der Waals surface area contributed by atoms with Crippen molar-refractivity contribution in [3.63, 3.8) is 0 Å². The van der Waals surface area contributed by atoms with Gasteiger partial charge in [0.15, 0.2) is 11.7 Å². The quantitative estimate of drug-likeness (QED) is 0.351. The van der Waals surface area contributed by atoms with Crippen LogP contribution in [0.15, 0.2) is 62.2 Å². The maximum atomic E-state index is 12.4. The van der Waals surface area contributed by atoms with Crippen LogP contribution in [0.5, 0.6) is 5.75 Å². The molecular formula is C23H19BrN2O4S. The summed E-state index contributed by atoms with van der Waals surface area (Å²) in [6, 6.07) is 14.5. The van der Waals surface area contributed by atoms with Crippen molar-refractivity contribution in [2.75, 3.05) is 11.9 Å². The highest BCUT2D eigenvalue weighted by molar-refractivity contribution is 9.10. The van der Waals surface area contributed by atoms with Crippen molar-refractivity contribution in [3.05, 3.63) is 73.9 Å². The molecule has 0 aliphatic heterocycles. The fourth-order valence-electron chi connectivity index (χ4n) is 3.18. The number of hydrogen-bond acceptors (Lipinski definition) is 6. The molecule has 0 saturated heterocycles. The molecule has 0 fully saturated rings. The van der Waals surface area contributed by atoms with E-state index in [9.17, 15) is 9.59 Å². The molecular weight excluding hydrogens is 480 g/mol. The number of aryl methyl sites for hydroxylation is 2. The first-order chi connectivity index (χ1) is 14.9. The first-order valence-electron chi connectivity index (χ1n) is 9.65. The molecule has 2 heterocycles. The Labute approximate surface area is 191 Å². The van der Waals surface area contributed by atoms with Gasteiger partial charge in [0.05, 0.1) is 5.69 Å². The molecule has 2 aromatic carbocycles. The van der Waals surface area contributed by atoms with Crippen molar-refractivity contribution in [2.24, 2.45) is 0 Å². The summed E-state index contributed by atoms with van der Waals surface area (Å²) in [5, 5.41) is 4.16. The number of fused-ring (bicyclic) bond motifs is 1. The SMILES string of the molecule is CCc1sc(NC(=O)COc2ccc3c(C)cc(=O)oc3c2)nc1-c1ccc(Br)cc1. The zero-order chi connectivity index (χ0) is 22.0. The van der Waals surface area contributed by atoms with E-state index >= 15 is 0 Å². The number of anilines is 1. The Kier molecular flexibility index (Phi) is 6.20. The summed E-state index contributed by atoms with van der Waals surface area (Å²) in [5.74, 6) is 0.130. The average Bonchev–Trinajstić information content (AvgIpc) is 3.15. The summed E-state index contributed by atoms with van der Waals surface area (Å²) < 4.78 is 11.8. The zero-order valence-electron chi connectivity index (χ0n) is 16.9. The summed E-state index contributed by atoms with van der Waals surface area (Å²) >= 11 is 4.89. The largest absolute Gasteiger partial charge is 0.484 e. The monoisotopic (exact) mass is 498 g/mol. The van der Waals surface area contributed by atoms with Gasteiger partial charge in [-0.15, -0.1) is 11.3 Å². The minimum Gasteiger partial charge on any atom is -0.484 e. The zero-order valence-corrected chi connectivity index (χ0v) is 19.3. The molecule has 0 unspecified atom stereocenters. The fraction of sp³-hybridized carbons (Fsp3) is 0.174. The van der Waals surface area contributed by atoms with Gasteiger partial charge in [-0.25, -0.2) is 9.78 Å². The molecule has 0 radical (unpaired) electrons. The first-order valence-corrected chi connectivity index (χ1v) is 11.3. The molecule has 0 spiro atoms. The lowest BCUT2D eigenvalue weighted by Gasteiger charge is -2.07. The van der Waals surface area contributed by atoms with Crippen molar-refractivity contribution in [1.29, 1.82) is 0 Å². The molecule has 4 rings (SSSR count). The van der Waals surface area contributed by atoms with E-state index < -0.39 is 5.63 Å². The minimum atomic E-state index is -0.419. The van der Waals surface area contributed by atoms with Gasteiger partial charge in [-0.05, 0) is 43.2 Å². The molecule has 1 N–H and O–H groups in total. The average molecular weight is 499 g/mol. The molecule has 158 valence electrons. The van der Waals surface area contributed by atoms with E-state index in [1.165, 1.54) is 17.4 Å². The van der Waals surface area contributed by atoms with E-state index in [1.807, 2.05) is 31.2 Å². The standard InChI is InChI=1S/C23H19BrN2O4S/c1-3-19-22(14-4-6-15(24)7-5-14)26-23(31-19)25-20(27)12-29-16-8-9-17-13(2)10-21(28)30-18(17)11-16/h4-11H,3,12H2,1-2H3,(H,25,26,27). The molecule has 31 heavy (non-hydrogen) atoms. The van der Waals surface area contributed by atoms with E-state index in [0.29, 0.717) is 16.5 Å². The Morgan fingerprint density at radius 3 is 2.71 bits per heavy atom.